The second-order valence-electron chi connectivity index (χ2n) is 8.57. The molecule has 2 unspecified atom stereocenters. The molecular weight excluding hydrogens is 462 g/mol. The van der Waals surface area contributed by atoms with E-state index in [4.69, 9.17) is 16.3 Å². The number of rotatable bonds is 7. The van der Waals surface area contributed by atoms with Gasteiger partial charge in [-0.15, -0.1) is 0 Å². The molecule has 178 valence electrons. The average molecular weight is 488 g/mol. The summed E-state index contributed by atoms with van der Waals surface area (Å²) in [7, 11) is 0. The van der Waals surface area contributed by atoms with E-state index in [9.17, 15) is 14.7 Å². The van der Waals surface area contributed by atoms with Crippen LogP contribution in [0, 0.1) is 5.92 Å². The van der Waals surface area contributed by atoms with Crippen molar-refractivity contribution in [2.75, 3.05) is 6.61 Å². The normalized spacial score (nSPS) is 17.8. The summed E-state index contributed by atoms with van der Waals surface area (Å²) in [4.78, 5) is 30.2. The van der Waals surface area contributed by atoms with Crippen molar-refractivity contribution in [2.24, 2.45) is 10.9 Å². The first-order chi connectivity index (χ1) is 16.9. The number of esters is 1. The first-order valence-corrected chi connectivity index (χ1v) is 11.8. The van der Waals surface area contributed by atoms with E-state index < -0.39 is 23.8 Å². The summed E-state index contributed by atoms with van der Waals surface area (Å²) < 4.78 is 5.88. The number of nitrogens with zero attached hydrogens (tertiary/aromatic N) is 1. The molecule has 0 saturated heterocycles. The van der Waals surface area contributed by atoms with Crippen LogP contribution in [0.4, 0.5) is 0 Å². The number of aliphatic carboxylic acids is 1. The van der Waals surface area contributed by atoms with Gasteiger partial charge in [0.25, 0.3) is 0 Å². The zero-order chi connectivity index (χ0) is 24.9. The highest BCUT2D eigenvalue weighted by Gasteiger charge is 2.41. The Morgan fingerprint density at radius 2 is 1.54 bits per heavy atom. The number of benzene rings is 3. The highest BCUT2D eigenvalue weighted by atomic mass is 35.5. The van der Waals surface area contributed by atoms with Crippen molar-refractivity contribution in [1.29, 1.82) is 0 Å². The molecule has 2 atom stereocenters. The second kappa shape index (κ2) is 10.7. The summed E-state index contributed by atoms with van der Waals surface area (Å²) in [5, 5.41) is 10.5. The zero-order valence-electron chi connectivity index (χ0n) is 19.5. The maximum Gasteiger partial charge on any atom is 0.336 e. The lowest BCUT2D eigenvalue weighted by atomic mass is 9.75. The highest BCUT2D eigenvalue weighted by Crippen LogP contribution is 2.40. The number of hydrogen-bond donors (Lipinski definition) is 1. The minimum atomic E-state index is -1.06. The molecule has 4 rings (SSSR count). The molecule has 5 nitrogen and oxygen atoms in total. The third-order valence-electron chi connectivity index (χ3n) is 6.31. The molecule has 1 heterocycles. The van der Waals surface area contributed by atoms with E-state index in [1.807, 2.05) is 60.7 Å². The predicted octanol–water partition coefficient (Wildman–Crippen LogP) is 6.25. The molecule has 1 aliphatic rings. The summed E-state index contributed by atoms with van der Waals surface area (Å²) in [5.41, 5.74) is 3.79. The van der Waals surface area contributed by atoms with E-state index in [0.717, 1.165) is 11.1 Å². The number of carboxylic acids is 1. The molecule has 6 heteroatoms. The van der Waals surface area contributed by atoms with Gasteiger partial charge in [-0.2, -0.15) is 0 Å². The molecule has 0 amide bonds. The Bertz CT molecular complexity index is 1240. The van der Waals surface area contributed by atoms with Gasteiger partial charge in [-0.1, -0.05) is 84.4 Å². The van der Waals surface area contributed by atoms with Crippen LogP contribution in [-0.2, 0) is 14.3 Å². The minimum Gasteiger partial charge on any atom is -0.481 e. The van der Waals surface area contributed by atoms with E-state index in [1.54, 1.807) is 38.1 Å². The number of carboxylic acid groups (broad SMARTS) is 1. The summed E-state index contributed by atoms with van der Waals surface area (Å²) in [6.07, 6.45) is 0. The highest BCUT2D eigenvalue weighted by molar-refractivity contribution is 6.30. The van der Waals surface area contributed by atoms with E-state index in [-0.39, 0.29) is 18.1 Å². The van der Waals surface area contributed by atoms with E-state index in [2.05, 4.69) is 4.99 Å². The summed E-state index contributed by atoms with van der Waals surface area (Å²) in [6, 6.07) is 26.6. The van der Waals surface area contributed by atoms with Crippen LogP contribution in [0.15, 0.2) is 101 Å². The number of allylic oxidation sites excluding steroid dienone is 1. The molecule has 0 aliphatic carbocycles. The van der Waals surface area contributed by atoms with Crippen LogP contribution in [0.1, 0.15) is 42.4 Å². The Morgan fingerprint density at radius 1 is 0.943 bits per heavy atom. The Labute approximate surface area is 209 Å². The van der Waals surface area contributed by atoms with Crippen LogP contribution in [0.3, 0.4) is 0 Å². The summed E-state index contributed by atoms with van der Waals surface area (Å²) in [5.74, 6) is -3.56. The van der Waals surface area contributed by atoms with Gasteiger partial charge in [0.2, 0.25) is 0 Å². The Hall–Kier alpha value is -3.70. The molecule has 0 aromatic heterocycles. The summed E-state index contributed by atoms with van der Waals surface area (Å²) >= 11 is 6.22. The zero-order valence-corrected chi connectivity index (χ0v) is 20.3. The molecule has 0 saturated carbocycles. The largest absolute Gasteiger partial charge is 0.481 e. The van der Waals surface area contributed by atoms with Crippen molar-refractivity contribution in [2.45, 2.75) is 25.7 Å². The van der Waals surface area contributed by atoms with Gasteiger partial charge in [-0.25, -0.2) is 4.79 Å². The van der Waals surface area contributed by atoms with Gasteiger partial charge in [0.05, 0.1) is 5.57 Å². The van der Waals surface area contributed by atoms with Crippen LogP contribution in [-0.4, -0.2) is 29.4 Å². The molecule has 0 bridgehead atoms. The molecule has 3 aromatic carbocycles. The third-order valence-corrected chi connectivity index (χ3v) is 6.54. The van der Waals surface area contributed by atoms with Gasteiger partial charge in [0, 0.05) is 28.3 Å². The molecular formula is C29H26ClNO4. The smallest absolute Gasteiger partial charge is 0.336 e. The Morgan fingerprint density at radius 3 is 2.09 bits per heavy atom. The predicted molar refractivity (Wildman–Crippen MR) is 137 cm³/mol. The monoisotopic (exact) mass is 487 g/mol. The van der Waals surface area contributed by atoms with Crippen molar-refractivity contribution in [3.8, 4) is 0 Å². The maximum absolute atomic E-state index is 13.5. The number of halogens is 1. The van der Waals surface area contributed by atoms with Gasteiger partial charge in [-0.3, -0.25) is 9.79 Å². The van der Waals surface area contributed by atoms with Crippen LogP contribution >= 0.6 is 11.6 Å². The molecule has 0 fully saturated rings. The van der Waals surface area contributed by atoms with E-state index in [1.165, 1.54) is 0 Å². The van der Waals surface area contributed by atoms with E-state index >= 15 is 0 Å². The molecule has 1 aliphatic heterocycles. The topological polar surface area (TPSA) is 76.0 Å². The Balaban J connectivity index is 1.69. The standard InChI is InChI=1S/C29H26ClNO4/c1-18-25(28(32)33)27(22-14-9-15-23(30)16-22)26(19(2)31-18)29(34)35-17-24(20-10-5-3-6-11-20)21-12-7-4-8-13-21/h3-16,24-25,27H,17H2,1-2H3,(H,32,33). The second-order valence-corrected chi connectivity index (χ2v) is 9.01. The van der Waals surface area contributed by atoms with Crippen LogP contribution in [0.25, 0.3) is 0 Å². The van der Waals surface area contributed by atoms with E-state index in [0.29, 0.717) is 22.0 Å². The summed E-state index contributed by atoms with van der Waals surface area (Å²) in [6.45, 7) is 3.48. The fourth-order valence-corrected chi connectivity index (χ4v) is 4.87. The van der Waals surface area contributed by atoms with Crippen LogP contribution in [0.5, 0.6) is 0 Å². The van der Waals surface area contributed by atoms with Gasteiger partial charge in [0.1, 0.15) is 12.5 Å². The fourth-order valence-electron chi connectivity index (χ4n) is 4.67. The van der Waals surface area contributed by atoms with Crippen molar-refractivity contribution in [3.63, 3.8) is 0 Å². The van der Waals surface area contributed by atoms with Crippen molar-refractivity contribution < 1.29 is 19.4 Å². The van der Waals surface area contributed by atoms with Gasteiger partial charge in [-0.05, 0) is 42.7 Å². The first kappa shape index (κ1) is 24.4. The number of aliphatic imine (C=N–C) groups is 1. The molecule has 1 N–H and O–H groups in total. The minimum absolute atomic E-state index is 0.104. The quantitative estimate of drug-likeness (QED) is 0.400. The number of ether oxygens (including phenoxy) is 1. The van der Waals surface area contributed by atoms with Gasteiger partial charge in [0.15, 0.2) is 0 Å². The van der Waals surface area contributed by atoms with Crippen molar-refractivity contribution in [1.82, 2.24) is 0 Å². The lowest BCUT2D eigenvalue weighted by Gasteiger charge is -2.31. The maximum atomic E-state index is 13.5. The first-order valence-electron chi connectivity index (χ1n) is 11.4. The lowest BCUT2D eigenvalue weighted by Crippen LogP contribution is -2.35. The van der Waals surface area contributed by atoms with Crippen molar-refractivity contribution in [3.05, 3.63) is 118 Å². The van der Waals surface area contributed by atoms with Crippen molar-refractivity contribution >= 4 is 29.3 Å². The van der Waals surface area contributed by atoms with Crippen LogP contribution in [0.2, 0.25) is 5.02 Å². The lowest BCUT2D eigenvalue weighted by molar-refractivity contribution is -0.141. The molecule has 0 radical (unpaired) electrons. The van der Waals surface area contributed by atoms with Gasteiger partial charge < -0.3 is 9.84 Å². The fraction of sp³-hybridized carbons (Fsp3) is 0.207. The van der Waals surface area contributed by atoms with Crippen LogP contribution < -0.4 is 0 Å². The average Bonchev–Trinajstić information content (AvgIpc) is 2.84. The van der Waals surface area contributed by atoms with Gasteiger partial charge >= 0.3 is 11.9 Å². The number of carbonyl (C=O) groups is 2. The Kier molecular flexibility index (Phi) is 7.47. The molecule has 35 heavy (non-hydrogen) atoms. The third kappa shape index (κ3) is 5.36. The molecule has 3 aromatic rings. The number of carbonyl (C=O) groups excluding carboxylic acids is 1. The SMILES string of the molecule is CC1=NC(C)=C(C(=O)OCC(c2ccccc2)c2ccccc2)C(c2cccc(Cl)c2)C1C(=O)O. The molecule has 0 spiro atoms. The number of hydrogen-bond acceptors (Lipinski definition) is 4.